The molecule has 94 valence electrons. The van der Waals surface area contributed by atoms with Gasteiger partial charge < -0.3 is 10.5 Å². The van der Waals surface area contributed by atoms with Gasteiger partial charge in [0.15, 0.2) is 0 Å². The summed E-state index contributed by atoms with van der Waals surface area (Å²) in [5, 5.41) is 0. The van der Waals surface area contributed by atoms with Gasteiger partial charge in [-0.2, -0.15) is 0 Å². The van der Waals surface area contributed by atoms with E-state index in [0.717, 1.165) is 23.1 Å². The number of hydrogen-bond donors (Lipinski definition) is 1. The number of benzene rings is 1. The van der Waals surface area contributed by atoms with E-state index in [1.165, 1.54) is 16.7 Å². The van der Waals surface area contributed by atoms with Gasteiger partial charge in [-0.15, -0.1) is 0 Å². The minimum atomic E-state index is -0.164. The van der Waals surface area contributed by atoms with Gasteiger partial charge in [0.2, 0.25) is 0 Å². The van der Waals surface area contributed by atoms with Crippen LogP contribution < -0.4 is 10.5 Å². The third kappa shape index (κ3) is 2.11. The standard InChI is InChI=1S/C14H20BrNO/c1-8(2)10-7-11(15)9(3)12(13(10)17-4)14(16)5-6-14/h7-8H,5-6,16H2,1-4H3. The first-order valence-corrected chi connectivity index (χ1v) is 6.86. The average Bonchev–Trinajstić information content (AvgIpc) is 2.99. The van der Waals surface area contributed by atoms with Crippen LogP contribution in [-0.2, 0) is 5.54 Å². The van der Waals surface area contributed by atoms with Crippen molar-refractivity contribution in [2.75, 3.05) is 7.11 Å². The second-order valence-corrected chi connectivity index (χ2v) is 6.15. The van der Waals surface area contributed by atoms with Crippen LogP contribution in [0, 0.1) is 6.92 Å². The first kappa shape index (κ1) is 12.9. The highest BCUT2D eigenvalue weighted by atomic mass is 79.9. The Morgan fingerprint density at radius 2 is 2.00 bits per heavy atom. The van der Waals surface area contributed by atoms with Gasteiger partial charge in [-0.25, -0.2) is 0 Å². The summed E-state index contributed by atoms with van der Waals surface area (Å²) < 4.78 is 6.77. The third-order valence-electron chi connectivity index (χ3n) is 3.62. The Morgan fingerprint density at radius 1 is 1.41 bits per heavy atom. The van der Waals surface area contributed by atoms with Crippen molar-refractivity contribution in [2.24, 2.45) is 5.73 Å². The number of rotatable bonds is 3. The summed E-state index contributed by atoms with van der Waals surface area (Å²) in [5.41, 5.74) is 9.86. The first-order valence-electron chi connectivity index (χ1n) is 6.07. The second-order valence-electron chi connectivity index (χ2n) is 5.29. The van der Waals surface area contributed by atoms with Crippen LogP contribution in [0.4, 0.5) is 0 Å². The summed E-state index contributed by atoms with van der Waals surface area (Å²) >= 11 is 3.64. The second kappa shape index (κ2) is 4.29. The van der Waals surface area contributed by atoms with E-state index in [4.69, 9.17) is 10.5 Å². The highest BCUT2D eigenvalue weighted by Crippen LogP contribution is 2.51. The number of nitrogens with two attached hydrogens (primary N) is 1. The predicted octanol–water partition coefficient (Wildman–Crippen LogP) is 3.84. The summed E-state index contributed by atoms with van der Waals surface area (Å²) in [6.07, 6.45) is 2.11. The molecule has 2 rings (SSSR count). The molecule has 0 amide bonds. The molecule has 1 saturated carbocycles. The van der Waals surface area contributed by atoms with Gasteiger partial charge >= 0.3 is 0 Å². The molecule has 1 aliphatic carbocycles. The number of hydrogen-bond acceptors (Lipinski definition) is 2. The zero-order valence-electron chi connectivity index (χ0n) is 10.9. The lowest BCUT2D eigenvalue weighted by molar-refractivity contribution is 0.396. The molecule has 0 bridgehead atoms. The van der Waals surface area contributed by atoms with Crippen molar-refractivity contribution in [2.45, 2.75) is 45.1 Å². The quantitative estimate of drug-likeness (QED) is 0.920. The van der Waals surface area contributed by atoms with Gasteiger partial charge in [0, 0.05) is 15.6 Å². The Kier molecular flexibility index (Phi) is 3.25. The number of methoxy groups -OCH3 is 1. The number of ether oxygens (including phenoxy) is 1. The maximum absolute atomic E-state index is 6.38. The van der Waals surface area contributed by atoms with Crippen molar-refractivity contribution < 1.29 is 4.74 Å². The van der Waals surface area contributed by atoms with Crippen molar-refractivity contribution >= 4 is 15.9 Å². The number of halogens is 1. The van der Waals surface area contributed by atoms with E-state index in [0.29, 0.717) is 5.92 Å². The smallest absolute Gasteiger partial charge is 0.127 e. The van der Waals surface area contributed by atoms with E-state index in [9.17, 15) is 0 Å². The Hall–Kier alpha value is -0.540. The van der Waals surface area contributed by atoms with Crippen molar-refractivity contribution in [3.63, 3.8) is 0 Å². The van der Waals surface area contributed by atoms with Crippen LogP contribution >= 0.6 is 15.9 Å². The highest BCUT2D eigenvalue weighted by Gasteiger charge is 2.44. The van der Waals surface area contributed by atoms with Crippen molar-refractivity contribution in [3.8, 4) is 5.75 Å². The lowest BCUT2D eigenvalue weighted by atomic mass is 9.91. The Labute approximate surface area is 112 Å². The van der Waals surface area contributed by atoms with Crippen molar-refractivity contribution in [1.29, 1.82) is 0 Å². The van der Waals surface area contributed by atoms with E-state index >= 15 is 0 Å². The van der Waals surface area contributed by atoms with E-state index in [2.05, 4.69) is 42.8 Å². The molecule has 0 saturated heterocycles. The molecule has 0 atom stereocenters. The van der Waals surface area contributed by atoms with Gasteiger partial charge in [0.25, 0.3) is 0 Å². The fourth-order valence-electron chi connectivity index (χ4n) is 2.38. The lowest BCUT2D eigenvalue weighted by Gasteiger charge is -2.23. The monoisotopic (exact) mass is 297 g/mol. The molecule has 17 heavy (non-hydrogen) atoms. The molecular weight excluding hydrogens is 278 g/mol. The molecule has 1 aromatic carbocycles. The molecule has 2 N–H and O–H groups in total. The summed E-state index contributed by atoms with van der Waals surface area (Å²) in [6.45, 7) is 6.47. The van der Waals surface area contributed by atoms with Gasteiger partial charge in [-0.1, -0.05) is 29.8 Å². The summed E-state index contributed by atoms with van der Waals surface area (Å²) in [4.78, 5) is 0. The fourth-order valence-corrected chi connectivity index (χ4v) is 2.82. The van der Waals surface area contributed by atoms with Crippen LogP contribution in [0.25, 0.3) is 0 Å². The molecule has 0 unspecified atom stereocenters. The minimum absolute atomic E-state index is 0.164. The van der Waals surface area contributed by atoms with Gasteiger partial charge in [0.1, 0.15) is 5.75 Å². The van der Waals surface area contributed by atoms with Crippen LogP contribution in [0.2, 0.25) is 0 Å². The van der Waals surface area contributed by atoms with Crippen LogP contribution in [0.5, 0.6) is 5.75 Å². The van der Waals surface area contributed by atoms with Gasteiger partial charge in [-0.3, -0.25) is 0 Å². The fraction of sp³-hybridized carbons (Fsp3) is 0.571. The molecule has 1 aromatic rings. The summed E-state index contributed by atoms with van der Waals surface area (Å²) in [7, 11) is 1.74. The van der Waals surface area contributed by atoms with E-state index in [-0.39, 0.29) is 5.54 Å². The molecule has 1 fully saturated rings. The maximum atomic E-state index is 6.38. The van der Waals surface area contributed by atoms with E-state index in [1.54, 1.807) is 7.11 Å². The zero-order valence-corrected chi connectivity index (χ0v) is 12.5. The van der Waals surface area contributed by atoms with Crippen LogP contribution in [0.15, 0.2) is 10.5 Å². The van der Waals surface area contributed by atoms with Gasteiger partial charge in [0.05, 0.1) is 7.11 Å². The van der Waals surface area contributed by atoms with Crippen LogP contribution in [0.1, 0.15) is 49.3 Å². The summed E-state index contributed by atoms with van der Waals surface area (Å²) in [5.74, 6) is 1.42. The molecule has 1 aliphatic rings. The van der Waals surface area contributed by atoms with E-state index in [1.807, 2.05) is 0 Å². The van der Waals surface area contributed by atoms with Gasteiger partial charge in [-0.05, 0) is 42.9 Å². The van der Waals surface area contributed by atoms with E-state index < -0.39 is 0 Å². The molecule has 3 heteroatoms. The molecular formula is C14H20BrNO. The summed E-state index contributed by atoms with van der Waals surface area (Å²) in [6, 6.07) is 2.16. The zero-order chi connectivity index (χ0) is 12.8. The van der Waals surface area contributed by atoms with Crippen LogP contribution in [-0.4, -0.2) is 7.11 Å². The topological polar surface area (TPSA) is 35.2 Å². The SMILES string of the molecule is COc1c(C(C)C)cc(Br)c(C)c1C1(N)CC1. The Bertz CT molecular complexity index is 450. The molecule has 2 nitrogen and oxygen atoms in total. The normalized spacial score (nSPS) is 17.4. The lowest BCUT2D eigenvalue weighted by Crippen LogP contribution is -2.22. The molecule has 0 radical (unpaired) electrons. The Balaban J connectivity index is 2.70. The molecule has 0 spiro atoms. The molecule has 0 aliphatic heterocycles. The maximum Gasteiger partial charge on any atom is 0.127 e. The Morgan fingerprint density at radius 3 is 2.41 bits per heavy atom. The van der Waals surface area contributed by atoms with Crippen molar-refractivity contribution in [1.82, 2.24) is 0 Å². The predicted molar refractivity (Wildman–Crippen MR) is 74.6 cm³/mol. The average molecular weight is 298 g/mol. The van der Waals surface area contributed by atoms with Crippen molar-refractivity contribution in [3.05, 3.63) is 27.2 Å². The largest absolute Gasteiger partial charge is 0.496 e. The highest BCUT2D eigenvalue weighted by molar-refractivity contribution is 9.10. The molecule has 0 aromatic heterocycles. The third-order valence-corrected chi connectivity index (χ3v) is 4.44. The molecule has 0 heterocycles. The van der Waals surface area contributed by atoms with Crippen LogP contribution in [0.3, 0.4) is 0 Å². The minimum Gasteiger partial charge on any atom is -0.496 e. The first-order chi connectivity index (χ1) is 7.90.